The second kappa shape index (κ2) is 3.85. The molecule has 0 saturated heterocycles. The summed E-state index contributed by atoms with van der Waals surface area (Å²) < 4.78 is 0.346. The Hall–Kier alpha value is -0.630. The molecule has 0 aromatic heterocycles. The SMILES string of the molecule is CC1(Sc2ccccc2O)CCCC1. The highest BCUT2D eigenvalue weighted by atomic mass is 32.2. The zero-order valence-corrected chi connectivity index (χ0v) is 9.31. The fourth-order valence-corrected chi connectivity index (χ4v) is 3.38. The summed E-state index contributed by atoms with van der Waals surface area (Å²) in [4.78, 5) is 1.02. The van der Waals surface area contributed by atoms with Gasteiger partial charge >= 0.3 is 0 Å². The minimum absolute atomic E-state index is 0.346. The van der Waals surface area contributed by atoms with Crippen LogP contribution in [0.15, 0.2) is 29.2 Å². The van der Waals surface area contributed by atoms with E-state index in [0.29, 0.717) is 10.5 Å². The molecule has 1 aromatic carbocycles. The number of aromatic hydroxyl groups is 1. The molecule has 0 aliphatic heterocycles. The van der Waals surface area contributed by atoms with Gasteiger partial charge in [0.05, 0.1) is 0 Å². The zero-order valence-electron chi connectivity index (χ0n) is 8.49. The van der Waals surface area contributed by atoms with Crippen LogP contribution >= 0.6 is 11.8 Å². The van der Waals surface area contributed by atoms with Gasteiger partial charge in [0.25, 0.3) is 0 Å². The topological polar surface area (TPSA) is 20.2 Å². The molecule has 0 unspecified atom stereocenters. The first-order valence-corrected chi connectivity index (χ1v) is 5.98. The molecule has 0 atom stereocenters. The Morgan fingerprint density at radius 1 is 1.21 bits per heavy atom. The van der Waals surface area contributed by atoms with Crippen LogP contribution < -0.4 is 0 Å². The average Bonchev–Trinajstić information content (AvgIpc) is 2.57. The Labute approximate surface area is 89.5 Å². The number of hydrogen-bond acceptors (Lipinski definition) is 2. The van der Waals surface area contributed by atoms with Gasteiger partial charge < -0.3 is 5.11 Å². The number of rotatable bonds is 2. The molecule has 0 radical (unpaired) electrons. The van der Waals surface area contributed by atoms with Crippen molar-refractivity contribution in [3.63, 3.8) is 0 Å². The van der Waals surface area contributed by atoms with Crippen LogP contribution in [-0.2, 0) is 0 Å². The zero-order chi connectivity index (χ0) is 10.0. The average molecular weight is 208 g/mol. The van der Waals surface area contributed by atoms with Crippen molar-refractivity contribution in [2.24, 2.45) is 0 Å². The predicted molar refractivity (Wildman–Crippen MR) is 60.8 cm³/mol. The molecule has 2 heteroatoms. The Bertz CT molecular complexity index is 316. The lowest BCUT2D eigenvalue weighted by Crippen LogP contribution is -2.13. The Morgan fingerprint density at radius 3 is 2.50 bits per heavy atom. The van der Waals surface area contributed by atoms with Crippen molar-refractivity contribution in [2.75, 3.05) is 0 Å². The predicted octanol–water partition coefficient (Wildman–Crippen LogP) is 3.82. The molecule has 0 amide bonds. The lowest BCUT2D eigenvalue weighted by Gasteiger charge is -2.22. The summed E-state index contributed by atoms with van der Waals surface area (Å²) in [6, 6.07) is 7.63. The van der Waals surface area contributed by atoms with E-state index in [-0.39, 0.29) is 0 Å². The highest BCUT2D eigenvalue weighted by Gasteiger charge is 2.30. The standard InChI is InChI=1S/C12H16OS/c1-12(8-4-5-9-12)14-11-7-3-2-6-10(11)13/h2-3,6-7,13H,4-5,8-9H2,1H3. The van der Waals surface area contributed by atoms with E-state index in [0.717, 1.165) is 4.90 Å². The van der Waals surface area contributed by atoms with Crippen LogP contribution in [0.2, 0.25) is 0 Å². The number of phenolic OH excluding ortho intramolecular Hbond substituents is 1. The van der Waals surface area contributed by atoms with E-state index in [1.54, 1.807) is 6.07 Å². The van der Waals surface area contributed by atoms with E-state index < -0.39 is 0 Å². The number of para-hydroxylation sites is 1. The highest BCUT2D eigenvalue weighted by Crippen LogP contribution is 2.46. The van der Waals surface area contributed by atoms with Gasteiger partial charge in [0, 0.05) is 9.64 Å². The first-order chi connectivity index (χ1) is 6.70. The van der Waals surface area contributed by atoms with E-state index in [9.17, 15) is 5.11 Å². The summed E-state index contributed by atoms with van der Waals surface area (Å²) in [7, 11) is 0. The Balaban J connectivity index is 2.14. The smallest absolute Gasteiger partial charge is 0.129 e. The monoisotopic (exact) mass is 208 g/mol. The van der Waals surface area contributed by atoms with E-state index in [1.165, 1.54) is 25.7 Å². The van der Waals surface area contributed by atoms with Crippen molar-refractivity contribution in [3.8, 4) is 5.75 Å². The largest absolute Gasteiger partial charge is 0.507 e. The van der Waals surface area contributed by atoms with Gasteiger partial charge in [0.2, 0.25) is 0 Å². The molecular formula is C12H16OS. The van der Waals surface area contributed by atoms with E-state index >= 15 is 0 Å². The summed E-state index contributed by atoms with van der Waals surface area (Å²) >= 11 is 1.83. The van der Waals surface area contributed by atoms with Crippen LogP contribution in [0, 0.1) is 0 Å². The second-order valence-corrected chi connectivity index (χ2v) is 5.86. The molecule has 14 heavy (non-hydrogen) atoms. The van der Waals surface area contributed by atoms with Crippen LogP contribution in [0.3, 0.4) is 0 Å². The third-order valence-electron chi connectivity index (χ3n) is 2.88. The fourth-order valence-electron chi connectivity index (χ4n) is 2.03. The van der Waals surface area contributed by atoms with Gasteiger partial charge in [0.15, 0.2) is 0 Å². The Morgan fingerprint density at radius 2 is 1.86 bits per heavy atom. The maximum Gasteiger partial charge on any atom is 0.129 e. The van der Waals surface area contributed by atoms with Gasteiger partial charge in [-0.1, -0.05) is 31.9 Å². The quantitative estimate of drug-likeness (QED) is 0.797. The van der Waals surface area contributed by atoms with Gasteiger partial charge in [-0.25, -0.2) is 0 Å². The summed E-state index contributed by atoms with van der Waals surface area (Å²) in [5.74, 6) is 0.422. The van der Waals surface area contributed by atoms with Gasteiger partial charge in [-0.2, -0.15) is 0 Å². The summed E-state index contributed by atoms with van der Waals surface area (Å²) in [6.07, 6.45) is 5.20. The number of thioether (sulfide) groups is 1. The maximum atomic E-state index is 9.66. The molecule has 0 heterocycles. The molecule has 1 N–H and O–H groups in total. The first-order valence-electron chi connectivity index (χ1n) is 5.17. The third kappa shape index (κ3) is 2.06. The summed E-state index contributed by atoms with van der Waals surface area (Å²) in [5.41, 5.74) is 0. The third-order valence-corrected chi connectivity index (χ3v) is 4.35. The van der Waals surface area contributed by atoms with E-state index in [2.05, 4.69) is 6.92 Å². The van der Waals surface area contributed by atoms with Gasteiger partial charge in [-0.3, -0.25) is 0 Å². The molecule has 1 aliphatic carbocycles. The molecule has 2 rings (SSSR count). The lowest BCUT2D eigenvalue weighted by atomic mass is 10.1. The molecular weight excluding hydrogens is 192 g/mol. The minimum Gasteiger partial charge on any atom is -0.507 e. The molecule has 0 bridgehead atoms. The van der Waals surface area contributed by atoms with Gasteiger partial charge in [-0.05, 0) is 25.0 Å². The van der Waals surface area contributed by atoms with Gasteiger partial charge in [0.1, 0.15) is 5.75 Å². The number of hydrogen-bond donors (Lipinski definition) is 1. The maximum absolute atomic E-state index is 9.66. The molecule has 1 nitrogen and oxygen atoms in total. The molecule has 1 aromatic rings. The van der Waals surface area contributed by atoms with Crippen LogP contribution in [0.25, 0.3) is 0 Å². The molecule has 1 aliphatic rings. The molecule has 76 valence electrons. The van der Waals surface area contributed by atoms with Crippen molar-refractivity contribution < 1.29 is 5.11 Å². The number of benzene rings is 1. The molecule has 0 spiro atoms. The number of phenols is 1. The second-order valence-electron chi connectivity index (χ2n) is 4.23. The van der Waals surface area contributed by atoms with E-state index in [1.807, 2.05) is 30.0 Å². The van der Waals surface area contributed by atoms with Crippen molar-refractivity contribution in [1.29, 1.82) is 0 Å². The highest BCUT2D eigenvalue weighted by molar-refractivity contribution is 8.00. The lowest BCUT2D eigenvalue weighted by molar-refractivity contribution is 0.462. The first kappa shape index (κ1) is 9.91. The van der Waals surface area contributed by atoms with Gasteiger partial charge in [-0.15, -0.1) is 11.8 Å². The molecule has 1 fully saturated rings. The van der Waals surface area contributed by atoms with Crippen LogP contribution in [0.4, 0.5) is 0 Å². The fraction of sp³-hybridized carbons (Fsp3) is 0.500. The van der Waals surface area contributed by atoms with Crippen LogP contribution in [0.5, 0.6) is 5.75 Å². The Kier molecular flexibility index (Phi) is 2.73. The van der Waals surface area contributed by atoms with E-state index in [4.69, 9.17) is 0 Å². The van der Waals surface area contributed by atoms with Crippen molar-refractivity contribution in [2.45, 2.75) is 42.2 Å². The summed E-state index contributed by atoms with van der Waals surface area (Å²) in [5, 5.41) is 9.66. The summed E-state index contributed by atoms with van der Waals surface area (Å²) in [6.45, 7) is 2.30. The van der Waals surface area contributed by atoms with Crippen molar-refractivity contribution in [3.05, 3.63) is 24.3 Å². The normalized spacial score (nSPS) is 19.8. The van der Waals surface area contributed by atoms with Crippen LogP contribution in [0.1, 0.15) is 32.6 Å². The van der Waals surface area contributed by atoms with Crippen LogP contribution in [-0.4, -0.2) is 9.85 Å². The molecule has 1 saturated carbocycles. The van der Waals surface area contributed by atoms with Crippen molar-refractivity contribution in [1.82, 2.24) is 0 Å². The minimum atomic E-state index is 0.346. The van der Waals surface area contributed by atoms with Crippen molar-refractivity contribution >= 4 is 11.8 Å².